The lowest BCUT2D eigenvalue weighted by Crippen LogP contribution is -2.29. The monoisotopic (exact) mass is 564 g/mol. The van der Waals surface area contributed by atoms with Gasteiger partial charge in [-0.15, -0.1) is 0 Å². The van der Waals surface area contributed by atoms with Crippen LogP contribution in [0.4, 0.5) is 5.13 Å². The predicted octanol–water partition coefficient (Wildman–Crippen LogP) is 5.96. The van der Waals surface area contributed by atoms with Crippen molar-refractivity contribution in [2.75, 3.05) is 12.0 Å². The molecule has 0 radical (unpaired) electrons. The number of aromatic hydroxyl groups is 1. The number of anilines is 1. The average Bonchev–Trinajstić information content (AvgIpc) is 3.41. The van der Waals surface area contributed by atoms with Crippen LogP contribution in [0.3, 0.4) is 0 Å². The van der Waals surface area contributed by atoms with Crippen LogP contribution < -0.4 is 9.64 Å². The number of phenolic OH excluding ortho intramolecular Hbond substituents is 1. The summed E-state index contributed by atoms with van der Waals surface area (Å²) in [5.74, 6) is -1.31. The molecule has 3 aromatic carbocycles. The number of rotatable bonds is 5. The Hall–Kier alpha value is -3.69. The number of ether oxygens (including phenoxy) is 1. The highest BCUT2D eigenvalue weighted by Crippen LogP contribution is 2.45. The number of thiazole rings is 1. The van der Waals surface area contributed by atoms with E-state index in [0.717, 1.165) is 22.2 Å². The van der Waals surface area contributed by atoms with Crippen molar-refractivity contribution in [1.29, 1.82) is 0 Å². The van der Waals surface area contributed by atoms with Crippen LogP contribution >= 0.6 is 27.3 Å². The van der Waals surface area contributed by atoms with Crippen molar-refractivity contribution in [3.8, 4) is 11.5 Å². The molecule has 1 aromatic heterocycles. The number of methoxy groups -OCH3 is 1. The molecule has 4 aromatic rings. The number of ketones is 1. The first-order chi connectivity index (χ1) is 17.3. The average molecular weight is 565 g/mol. The van der Waals surface area contributed by atoms with E-state index in [4.69, 9.17) is 4.74 Å². The third-order valence-electron chi connectivity index (χ3n) is 6.13. The number of aliphatic hydroxyl groups excluding tert-OH is 1. The summed E-state index contributed by atoms with van der Waals surface area (Å²) in [5.41, 5.74) is 2.70. The molecule has 182 valence electrons. The highest BCUT2D eigenvalue weighted by molar-refractivity contribution is 9.10. The molecule has 1 unspecified atom stereocenters. The van der Waals surface area contributed by atoms with Gasteiger partial charge in [-0.25, -0.2) is 4.98 Å². The van der Waals surface area contributed by atoms with E-state index in [2.05, 4.69) is 27.8 Å². The molecule has 2 heterocycles. The Bertz CT molecular complexity index is 1540. The van der Waals surface area contributed by atoms with Crippen molar-refractivity contribution in [3.05, 3.63) is 87.4 Å². The van der Waals surface area contributed by atoms with Gasteiger partial charge in [-0.2, -0.15) is 0 Å². The van der Waals surface area contributed by atoms with Gasteiger partial charge in [0.05, 0.1) is 33.4 Å². The largest absolute Gasteiger partial charge is 0.508 e. The Labute approximate surface area is 219 Å². The number of Topliss-reactive ketones (excluding diaryl/α,β-unsaturated/α-hetero) is 1. The normalized spacial score (nSPS) is 17.2. The number of aliphatic hydroxyl groups is 1. The second-order valence-electron chi connectivity index (χ2n) is 8.26. The Morgan fingerprint density at radius 1 is 1.11 bits per heavy atom. The Balaban J connectivity index is 1.71. The van der Waals surface area contributed by atoms with Crippen molar-refractivity contribution in [3.63, 3.8) is 0 Å². The van der Waals surface area contributed by atoms with Gasteiger partial charge >= 0.3 is 5.91 Å². The Morgan fingerprint density at radius 3 is 2.53 bits per heavy atom. The lowest BCUT2D eigenvalue weighted by Gasteiger charge is -2.23. The van der Waals surface area contributed by atoms with E-state index in [-0.39, 0.29) is 17.1 Å². The lowest BCUT2D eigenvalue weighted by molar-refractivity contribution is -0.132. The second-order valence-corrected chi connectivity index (χ2v) is 10.1. The van der Waals surface area contributed by atoms with E-state index < -0.39 is 17.7 Å². The minimum Gasteiger partial charge on any atom is -0.508 e. The van der Waals surface area contributed by atoms with E-state index in [9.17, 15) is 19.8 Å². The first-order valence-electron chi connectivity index (χ1n) is 11.2. The number of carbonyl (C=O) groups is 2. The zero-order chi connectivity index (χ0) is 25.6. The molecular weight excluding hydrogens is 544 g/mol. The molecule has 5 rings (SSSR count). The molecule has 0 aliphatic carbocycles. The van der Waals surface area contributed by atoms with E-state index in [1.807, 2.05) is 18.2 Å². The molecule has 0 spiro atoms. The number of hydrogen-bond donors (Lipinski definition) is 2. The van der Waals surface area contributed by atoms with E-state index >= 15 is 0 Å². The van der Waals surface area contributed by atoms with Gasteiger partial charge in [0.15, 0.2) is 5.13 Å². The molecule has 0 bridgehead atoms. The first kappa shape index (κ1) is 24.0. The third-order valence-corrected chi connectivity index (χ3v) is 7.77. The molecule has 0 saturated carbocycles. The maximum atomic E-state index is 13.4. The van der Waals surface area contributed by atoms with Crippen LogP contribution in [0.5, 0.6) is 11.5 Å². The number of carbonyl (C=O) groups excluding carboxylic acids is 2. The highest BCUT2D eigenvalue weighted by atomic mass is 79.9. The minimum atomic E-state index is -0.933. The molecule has 1 saturated heterocycles. The van der Waals surface area contributed by atoms with Crippen LogP contribution in [0.1, 0.15) is 29.7 Å². The number of aromatic nitrogens is 1. The van der Waals surface area contributed by atoms with E-state index in [0.29, 0.717) is 26.5 Å². The molecular formula is C27H21BrN2O5S. The topological polar surface area (TPSA) is 100.0 Å². The fourth-order valence-electron chi connectivity index (χ4n) is 4.25. The summed E-state index contributed by atoms with van der Waals surface area (Å²) in [6, 6.07) is 16.1. The maximum absolute atomic E-state index is 13.4. The summed E-state index contributed by atoms with van der Waals surface area (Å²) >= 11 is 4.71. The molecule has 1 atom stereocenters. The summed E-state index contributed by atoms with van der Waals surface area (Å²) in [4.78, 5) is 32.7. The Morgan fingerprint density at radius 2 is 1.86 bits per heavy atom. The zero-order valence-electron chi connectivity index (χ0n) is 19.4. The molecule has 7 nitrogen and oxygen atoms in total. The highest BCUT2D eigenvalue weighted by Gasteiger charge is 2.48. The number of aryl methyl sites for hydroxylation is 1. The van der Waals surface area contributed by atoms with Crippen molar-refractivity contribution >= 4 is 60.1 Å². The quantitative estimate of drug-likeness (QED) is 0.176. The van der Waals surface area contributed by atoms with Crippen LogP contribution in [-0.2, 0) is 16.0 Å². The number of hydrogen-bond acceptors (Lipinski definition) is 7. The molecule has 1 amide bonds. The smallest absolute Gasteiger partial charge is 0.301 e. The van der Waals surface area contributed by atoms with Gasteiger partial charge in [-0.3, -0.25) is 14.5 Å². The first-order valence-corrected chi connectivity index (χ1v) is 12.8. The van der Waals surface area contributed by atoms with Crippen molar-refractivity contribution in [2.45, 2.75) is 19.4 Å². The van der Waals surface area contributed by atoms with Gasteiger partial charge in [0, 0.05) is 5.56 Å². The van der Waals surface area contributed by atoms with Crippen LogP contribution in [0.25, 0.3) is 16.0 Å². The fraction of sp³-hybridized carbons (Fsp3) is 0.148. The molecule has 1 aliphatic rings. The van der Waals surface area contributed by atoms with Crippen molar-refractivity contribution < 1.29 is 24.5 Å². The number of nitrogens with zero attached hydrogens (tertiary/aromatic N) is 2. The van der Waals surface area contributed by atoms with Crippen molar-refractivity contribution in [1.82, 2.24) is 4.98 Å². The minimum absolute atomic E-state index is 0.0434. The Kier molecular flexibility index (Phi) is 6.27. The molecule has 9 heteroatoms. The SMILES string of the molecule is CCc1ccc2nc(N3C(=O)C(=O)/C(=C(/O)c4ccc(OC)c(Br)c4)C3c3ccc(O)cc3)sc2c1. The van der Waals surface area contributed by atoms with Crippen LogP contribution in [0.2, 0.25) is 0 Å². The summed E-state index contributed by atoms with van der Waals surface area (Å²) in [6.45, 7) is 2.06. The predicted molar refractivity (Wildman–Crippen MR) is 143 cm³/mol. The zero-order valence-corrected chi connectivity index (χ0v) is 21.8. The van der Waals surface area contributed by atoms with Gasteiger partial charge in [-0.1, -0.05) is 36.5 Å². The lowest BCUT2D eigenvalue weighted by atomic mass is 9.95. The summed E-state index contributed by atoms with van der Waals surface area (Å²) in [6.07, 6.45) is 0.860. The fourth-order valence-corrected chi connectivity index (χ4v) is 5.85. The van der Waals surface area contributed by atoms with Gasteiger partial charge in [0.2, 0.25) is 0 Å². The molecule has 1 aliphatic heterocycles. The van der Waals surface area contributed by atoms with Crippen LogP contribution in [-0.4, -0.2) is 34.0 Å². The number of halogens is 1. The van der Waals surface area contributed by atoms with Gasteiger partial charge in [0.25, 0.3) is 5.78 Å². The summed E-state index contributed by atoms with van der Waals surface area (Å²) < 4.78 is 6.74. The summed E-state index contributed by atoms with van der Waals surface area (Å²) in [5, 5.41) is 21.5. The standard InChI is InChI=1S/C27H21BrN2O5S/c1-3-14-4-10-19-21(12-14)36-27(29-19)30-23(15-5-8-17(31)9-6-15)22(25(33)26(30)34)24(32)16-7-11-20(35-2)18(28)13-16/h4-13,23,31-32H,3H2,1-2H3/b24-22+. The maximum Gasteiger partial charge on any atom is 0.301 e. The molecule has 2 N–H and O–H groups in total. The number of phenols is 1. The van der Waals surface area contributed by atoms with Crippen LogP contribution in [0.15, 0.2) is 70.7 Å². The second kappa shape index (κ2) is 9.40. The third kappa shape index (κ3) is 4.04. The van der Waals surface area contributed by atoms with E-state index in [1.165, 1.54) is 35.5 Å². The number of amides is 1. The van der Waals surface area contributed by atoms with Gasteiger partial charge in [0.1, 0.15) is 17.3 Å². The number of fused-ring (bicyclic) bond motifs is 1. The molecule has 1 fully saturated rings. The molecule has 36 heavy (non-hydrogen) atoms. The van der Waals surface area contributed by atoms with Gasteiger partial charge in [-0.05, 0) is 75.9 Å². The van der Waals surface area contributed by atoms with Crippen molar-refractivity contribution in [2.24, 2.45) is 0 Å². The summed E-state index contributed by atoms with van der Waals surface area (Å²) in [7, 11) is 1.53. The van der Waals surface area contributed by atoms with Gasteiger partial charge < -0.3 is 14.9 Å². The number of benzene rings is 3. The van der Waals surface area contributed by atoms with E-state index in [1.54, 1.807) is 30.3 Å². The van der Waals surface area contributed by atoms with Crippen LogP contribution in [0, 0.1) is 0 Å².